The lowest BCUT2D eigenvalue weighted by molar-refractivity contribution is 0.637. The van der Waals surface area contributed by atoms with Crippen LogP contribution in [0, 0.1) is 5.92 Å². The van der Waals surface area contributed by atoms with Crippen molar-refractivity contribution in [2.24, 2.45) is 5.92 Å². The maximum Gasteiger partial charge on any atom is 0.0763 e. The Hall–Kier alpha value is -1.22. The Labute approximate surface area is 113 Å². The largest absolute Gasteiger partial charge is 0.398 e. The highest BCUT2D eigenvalue weighted by Gasteiger charge is 2.06. The Balaban J connectivity index is 2.16. The van der Waals surface area contributed by atoms with Crippen LogP contribution in [0.25, 0.3) is 10.9 Å². The first-order valence-corrected chi connectivity index (χ1v) is 7.57. The van der Waals surface area contributed by atoms with Crippen LogP contribution < -0.4 is 5.73 Å². The molecule has 0 aliphatic carbocycles. The molecule has 0 amide bonds. The van der Waals surface area contributed by atoms with Crippen LogP contribution in [-0.4, -0.2) is 10.7 Å². The number of nitrogens with two attached hydrogens (primary N) is 1. The number of nitrogens with zero attached hydrogens (tertiary/aromatic N) is 1. The topological polar surface area (TPSA) is 38.9 Å². The molecule has 2 rings (SSSR count). The predicted octanol–water partition coefficient (Wildman–Crippen LogP) is 4.10. The fraction of sp³-hybridized carbons (Fsp3) is 0.400. The van der Waals surface area contributed by atoms with Gasteiger partial charge in [-0.3, -0.25) is 4.98 Å². The summed E-state index contributed by atoms with van der Waals surface area (Å²) in [7, 11) is 0. The number of nitrogen functional groups attached to an aromatic ring is 1. The summed E-state index contributed by atoms with van der Waals surface area (Å²) in [5.74, 6) is 3.00. The predicted molar refractivity (Wildman–Crippen MR) is 81.8 cm³/mol. The van der Waals surface area contributed by atoms with Crippen LogP contribution in [0.3, 0.4) is 0 Å². The van der Waals surface area contributed by atoms with Crippen molar-refractivity contribution in [2.45, 2.75) is 26.0 Å². The van der Waals surface area contributed by atoms with Crippen molar-refractivity contribution in [1.29, 1.82) is 0 Å². The quantitative estimate of drug-likeness (QED) is 0.823. The zero-order chi connectivity index (χ0) is 13.0. The van der Waals surface area contributed by atoms with Gasteiger partial charge in [0.1, 0.15) is 0 Å². The van der Waals surface area contributed by atoms with E-state index in [1.807, 2.05) is 36.2 Å². The van der Waals surface area contributed by atoms with Crippen molar-refractivity contribution in [3.05, 3.63) is 36.0 Å². The summed E-state index contributed by atoms with van der Waals surface area (Å²) in [6.07, 6.45) is 3.08. The number of hydrogen-bond acceptors (Lipinski definition) is 3. The molecule has 0 saturated carbocycles. The minimum Gasteiger partial charge on any atom is -0.398 e. The van der Waals surface area contributed by atoms with Gasteiger partial charge in [0.15, 0.2) is 0 Å². The molecular formula is C15H20N2S. The number of thioether (sulfide) groups is 1. The van der Waals surface area contributed by atoms with Gasteiger partial charge in [0, 0.05) is 23.0 Å². The molecule has 0 radical (unpaired) electrons. The summed E-state index contributed by atoms with van der Waals surface area (Å²) in [5, 5.41) is 1.07. The third-order valence-electron chi connectivity index (χ3n) is 3.24. The number of pyridine rings is 1. The highest BCUT2D eigenvalue weighted by atomic mass is 32.2. The summed E-state index contributed by atoms with van der Waals surface area (Å²) in [4.78, 5) is 4.47. The van der Waals surface area contributed by atoms with Gasteiger partial charge in [0.25, 0.3) is 0 Å². The molecule has 2 N–H and O–H groups in total. The first kappa shape index (κ1) is 13.2. The Kier molecular flexibility index (Phi) is 4.48. The van der Waals surface area contributed by atoms with Crippen LogP contribution in [0.5, 0.6) is 0 Å². The van der Waals surface area contributed by atoms with E-state index < -0.39 is 0 Å². The number of aromatic nitrogens is 1. The molecule has 2 aromatic rings. The molecule has 0 saturated heterocycles. The molecule has 1 atom stereocenters. The van der Waals surface area contributed by atoms with Crippen molar-refractivity contribution < 1.29 is 0 Å². The normalized spacial score (nSPS) is 12.8. The van der Waals surface area contributed by atoms with Crippen LogP contribution >= 0.6 is 11.8 Å². The second-order valence-corrected chi connectivity index (χ2v) is 5.77. The van der Waals surface area contributed by atoms with E-state index >= 15 is 0 Å². The zero-order valence-corrected chi connectivity index (χ0v) is 11.8. The second-order valence-electron chi connectivity index (χ2n) is 4.74. The molecule has 2 nitrogen and oxygen atoms in total. The van der Waals surface area contributed by atoms with Gasteiger partial charge in [-0.2, -0.15) is 11.8 Å². The fourth-order valence-corrected chi connectivity index (χ4v) is 3.07. The first-order valence-electron chi connectivity index (χ1n) is 6.42. The summed E-state index contributed by atoms with van der Waals surface area (Å²) >= 11 is 1.98. The molecule has 1 aromatic carbocycles. The van der Waals surface area contributed by atoms with Gasteiger partial charge in [-0.1, -0.05) is 26.3 Å². The fourth-order valence-electron chi connectivity index (χ4n) is 1.86. The van der Waals surface area contributed by atoms with E-state index in [-0.39, 0.29) is 0 Å². The van der Waals surface area contributed by atoms with Crippen LogP contribution in [-0.2, 0) is 5.75 Å². The number of rotatable bonds is 5. The molecule has 3 heteroatoms. The Morgan fingerprint density at radius 3 is 2.94 bits per heavy atom. The molecule has 1 heterocycles. The van der Waals surface area contributed by atoms with Gasteiger partial charge in [-0.25, -0.2) is 0 Å². The highest BCUT2D eigenvalue weighted by Crippen LogP contribution is 2.26. The number of hydrogen-bond donors (Lipinski definition) is 1. The van der Waals surface area contributed by atoms with Gasteiger partial charge in [-0.15, -0.1) is 0 Å². The van der Waals surface area contributed by atoms with Gasteiger partial charge < -0.3 is 5.73 Å². The average Bonchev–Trinajstić information content (AvgIpc) is 2.41. The summed E-state index contributed by atoms with van der Waals surface area (Å²) in [5.41, 5.74) is 9.13. The molecule has 96 valence electrons. The van der Waals surface area contributed by atoms with Crippen LogP contribution in [0.4, 0.5) is 5.69 Å². The lowest BCUT2D eigenvalue weighted by Crippen LogP contribution is -1.97. The van der Waals surface area contributed by atoms with Crippen molar-refractivity contribution in [2.75, 3.05) is 11.5 Å². The van der Waals surface area contributed by atoms with Crippen molar-refractivity contribution in [3.63, 3.8) is 0 Å². The summed E-state index contributed by atoms with van der Waals surface area (Å²) in [6.45, 7) is 4.54. The highest BCUT2D eigenvalue weighted by molar-refractivity contribution is 7.98. The van der Waals surface area contributed by atoms with Crippen LogP contribution in [0.1, 0.15) is 25.8 Å². The maximum atomic E-state index is 5.98. The number of benzene rings is 1. The molecule has 0 aliphatic heterocycles. The van der Waals surface area contributed by atoms with Crippen LogP contribution in [0.2, 0.25) is 0 Å². The van der Waals surface area contributed by atoms with Gasteiger partial charge >= 0.3 is 0 Å². The molecule has 0 bridgehead atoms. The van der Waals surface area contributed by atoms with Crippen molar-refractivity contribution in [3.8, 4) is 0 Å². The molecular weight excluding hydrogens is 240 g/mol. The molecule has 0 aliphatic rings. The maximum absolute atomic E-state index is 5.98. The molecule has 1 unspecified atom stereocenters. The minimum atomic E-state index is 0.781. The lowest BCUT2D eigenvalue weighted by Gasteiger charge is -2.10. The SMILES string of the molecule is CCC(C)CSCc1ccc(N)c2cccnc12. The molecule has 0 spiro atoms. The van der Waals surface area contributed by atoms with Gasteiger partial charge in [0.2, 0.25) is 0 Å². The number of fused-ring (bicyclic) bond motifs is 1. The van der Waals surface area contributed by atoms with Crippen molar-refractivity contribution in [1.82, 2.24) is 4.98 Å². The Morgan fingerprint density at radius 2 is 2.17 bits per heavy atom. The average molecular weight is 260 g/mol. The first-order chi connectivity index (χ1) is 8.72. The van der Waals surface area contributed by atoms with Crippen molar-refractivity contribution >= 4 is 28.4 Å². The third-order valence-corrected chi connectivity index (χ3v) is 4.56. The molecule has 0 fully saturated rings. The Bertz CT molecular complexity index is 525. The minimum absolute atomic E-state index is 0.781. The molecule has 1 aromatic heterocycles. The van der Waals surface area contributed by atoms with E-state index in [2.05, 4.69) is 24.9 Å². The van der Waals surface area contributed by atoms with E-state index in [1.54, 1.807) is 0 Å². The van der Waals surface area contributed by atoms with E-state index in [4.69, 9.17) is 5.73 Å². The lowest BCUT2D eigenvalue weighted by atomic mass is 10.1. The number of anilines is 1. The molecule has 18 heavy (non-hydrogen) atoms. The second kappa shape index (κ2) is 6.10. The van der Waals surface area contributed by atoms with E-state index in [9.17, 15) is 0 Å². The van der Waals surface area contributed by atoms with Gasteiger partial charge in [0.05, 0.1) is 5.52 Å². The summed E-state index contributed by atoms with van der Waals surface area (Å²) < 4.78 is 0. The van der Waals surface area contributed by atoms with Crippen LogP contribution in [0.15, 0.2) is 30.5 Å². The zero-order valence-electron chi connectivity index (χ0n) is 11.0. The smallest absolute Gasteiger partial charge is 0.0763 e. The standard InChI is InChI=1S/C15H20N2S/c1-3-11(2)9-18-10-12-6-7-14(16)13-5-4-8-17-15(12)13/h4-8,11H,3,9-10,16H2,1-2H3. The Morgan fingerprint density at radius 1 is 1.33 bits per heavy atom. The van der Waals surface area contributed by atoms with E-state index in [0.29, 0.717) is 0 Å². The van der Waals surface area contributed by atoms with E-state index in [1.165, 1.54) is 17.7 Å². The monoisotopic (exact) mass is 260 g/mol. The van der Waals surface area contributed by atoms with E-state index in [0.717, 1.165) is 28.3 Å². The summed E-state index contributed by atoms with van der Waals surface area (Å²) in [6, 6.07) is 8.08. The third kappa shape index (κ3) is 2.96. The van der Waals surface area contributed by atoms with Gasteiger partial charge in [-0.05, 0) is 35.4 Å².